The molecule has 0 spiro atoms. The molecule has 3 rings (SSSR count). The zero-order valence-corrected chi connectivity index (χ0v) is 22.8. The number of ether oxygens (including phenoxy) is 4. The summed E-state index contributed by atoms with van der Waals surface area (Å²) < 4.78 is 22.6. The largest absolute Gasteiger partial charge is 0.467 e. The molecule has 1 heterocycles. The standard InChI is InChI=1S/C29H40N2O6/c1-20-15-23(16-21(2)26(20)36-19-34-6)27(32)30-24-17-31(28(33)37-29(3,4)5)14-10-13-25(24)35-18-22-11-8-7-9-12-22/h7-9,11-12,15-16,24-25H,10,13-14,17-19H2,1-6H3,(H,30,32)/t24-,25-/m1/s1. The zero-order valence-electron chi connectivity index (χ0n) is 22.8. The first-order valence-electron chi connectivity index (χ1n) is 12.7. The van der Waals surface area contributed by atoms with Gasteiger partial charge in [-0.25, -0.2) is 4.79 Å². The molecule has 1 saturated heterocycles. The van der Waals surface area contributed by atoms with E-state index < -0.39 is 11.6 Å². The van der Waals surface area contributed by atoms with Crippen molar-refractivity contribution in [3.63, 3.8) is 0 Å². The Bertz CT molecular complexity index is 1030. The van der Waals surface area contributed by atoms with E-state index in [2.05, 4.69) is 5.32 Å². The number of nitrogens with zero attached hydrogens (tertiary/aromatic N) is 1. The second-order valence-electron chi connectivity index (χ2n) is 10.5. The van der Waals surface area contributed by atoms with Crippen molar-refractivity contribution in [3.8, 4) is 5.75 Å². The van der Waals surface area contributed by atoms with Crippen LogP contribution in [0.25, 0.3) is 0 Å². The summed E-state index contributed by atoms with van der Waals surface area (Å²) in [5.74, 6) is 0.474. The fourth-order valence-corrected chi connectivity index (χ4v) is 4.42. The first-order valence-corrected chi connectivity index (χ1v) is 12.7. The Morgan fingerprint density at radius 1 is 1.08 bits per heavy atom. The Hall–Kier alpha value is -3.10. The summed E-state index contributed by atoms with van der Waals surface area (Å²) in [6, 6.07) is 13.1. The van der Waals surface area contributed by atoms with Crippen LogP contribution in [0.5, 0.6) is 5.75 Å². The van der Waals surface area contributed by atoms with Crippen molar-refractivity contribution in [2.24, 2.45) is 0 Å². The van der Waals surface area contributed by atoms with Gasteiger partial charge in [-0.15, -0.1) is 0 Å². The van der Waals surface area contributed by atoms with Gasteiger partial charge in [0.25, 0.3) is 5.91 Å². The first-order chi connectivity index (χ1) is 17.6. The average molecular weight is 513 g/mol. The van der Waals surface area contributed by atoms with Crippen LogP contribution < -0.4 is 10.1 Å². The lowest BCUT2D eigenvalue weighted by Crippen LogP contribution is -2.51. The number of likely N-dealkylation sites (tertiary alicyclic amines) is 1. The fourth-order valence-electron chi connectivity index (χ4n) is 4.42. The Kier molecular flexibility index (Phi) is 9.94. The molecule has 202 valence electrons. The van der Waals surface area contributed by atoms with Crippen LogP contribution in [-0.4, -0.2) is 61.6 Å². The van der Waals surface area contributed by atoms with Crippen LogP contribution in [0.3, 0.4) is 0 Å². The lowest BCUT2D eigenvalue weighted by molar-refractivity contribution is 0.00420. The van der Waals surface area contributed by atoms with Gasteiger partial charge in [0.05, 0.1) is 18.8 Å². The lowest BCUT2D eigenvalue weighted by atomic mass is 10.0. The van der Waals surface area contributed by atoms with Gasteiger partial charge in [-0.1, -0.05) is 30.3 Å². The van der Waals surface area contributed by atoms with Gasteiger partial charge in [0.15, 0.2) is 6.79 Å². The number of nitrogens with one attached hydrogen (secondary N) is 1. The predicted molar refractivity (Wildman–Crippen MR) is 142 cm³/mol. The average Bonchev–Trinajstić information content (AvgIpc) is 3.04. The monoisotopic (exact) mass is 512 g/mol. The van der Waals surface area contributed by atoms with Gasteiger partial charge in [-0.2, -0.15) is 0 Å². The molecule has 1 aliphatic heterocycles. The molecule has 8 heteroatoms. The highest BCUT2D eigenvalue weighted by Gasteiger charge is 2.33. The van der Waals surface area contributed by atoms with Crippen LogP contribution in [-0.2, 0) is 20.8 Å². The summed E-state index contributed by atoms with van der Waals surface area (Å²) >= 11 is 0. The van der Waals surface area contributed by atoms with E-state index >= 15 is 0 Å². The van der Waals surface area contributed by atoms with Crippen molar-refractivity contribution in [3.05, 3.63) is 64.7 Å². The Morgan fingerprint density at radius 2 is 1.76 bits per heavy atom. The van der Waals surface area contributed by atoms with Gasteiger partial charge in [-0.3, -0.25) is 4.79 Å². The summed E-state index contributed by atoms with van der Waals surface area (Å²) in [6.07, 6.45) is 0.804. The van der Waals surface area contributed by atoms with E-state index in [9.17, 15) is 9.59 Å². The summed E-state index contributed by atoms with van der Waals surface area (Å²) in [4.78, 5) is 28.0. The summed E-state index contributed by atoms with van der Waals surface area (Å²) in [5, 5.41) is 3.15. The van der Waals surface area contributed by atoms with E-state index in [1.807, 2.05) is 65.0 Å². The SMILES string of the molecule is COCOc1c(C)cc(C(=O)N[C@@H]2CN(C(=O)OC(C)(C)C)CCC[C@H]2OCc2ccccc2)cc1C. The minimum absolute atomic E-state index is 0.135. The van der Waals surface area contributed by atoms with Crippen molar-refractivity contribution in [2.75, 3.05) is 27.0 Å². The van der Waals surface area contributed by atoms with Crippen molar-refractivity contribution >= 4 is 12.0 Å². The van der Waals surface area contributed by atoms with E-state index in [1.54, 1.807) is 24.1 Å². The molecule has 0 aromatic heterocycles. The minimum Gasteiger partial charge on any atom is -0.467 e. The molecule has 37 heavy (non-hydrogen) atoms. The molecule has 2 aromatic carbocycles. The number of carbonyl (C=O) groups is 2. The molecule has 1 fully saturated rings. The van der Waals surface area contributed by atoms with E-state index in [1.165, 1.54) is 0 Å². The number of hydrogen-bond acceptors (Lipinski definition) is 6. The van der Waals surface area contributed by atoms with E-state index in [4.69, 9.17) is 18.9 Å². The molecular formula is C29H40N2O6. The highest BCUT2D eigenvalue weighted by Crippen LogP contribution is 2.26. The molecule has 0 bridgehead atoms. The number of hydrogen-bond donors (Lipinski definition) is 1. The van der Waals surface area contributed by atoms with Crippen molar-refractivity contribution < 1.29 is 28.5 Å². The van der Waals surface area contributed by atoms with Crippen molar-refractivity contribution in [1.82, 2.24) is 10.2 Å². The molecule has 2 aromatic rings. The minimum atomic E-state index is -0.604. The van der Waals surface area contributed by atoms with E-state index in [0.717, 1.165) is 23.1 Å². The number of amides is 2. The van der Waals surface area contributed by atoms with E-state index in [-0.39, 0.29) is 24.9 Å². The molecule has 1 aliphatic rings. The number of methoxy groups -OCH3 is 1. The van der Waals surface area contributed by atoms with Gasteiger partial charge in [0.2, 0.25) is 0 Å². The van der Waals surface area contributed by atoms with Crippen LogP contribution >= 0.6 is 0 Å². The number of aryl methyl sites for hydroxylation is 2. The van der Waals surface area contributed by atoms with Gasteiger partial charge in [0.1, 0.15) is 11.4 Å². The maximum Gasteiger partial charge on any atom is 0.410 e. The lowest BCUT2D eigenvalue weighted by Gasteiger charge is -2.31. The molecular weight excluding hydrogens is 472 g/mol. The number of carbonyl (C=O) groups excluding carboxylic acids is 2. The van der Waals surface area contributed by atoms with Gasteiger partial charge in [0, 0.05) is 25.8 Å². The Morgan fingerprint density at radius 3 is 2.38 bits per heavy atom. The van der Waals surface area contributed by atoms with E-state index in [0.29, 0.717) is 37.4 Å². The Labute approximate surface area is 220 Å². The molecule has 0 unspecified atom stereocenters. The van der Waals surface area contributed by atoms with Gasteiger partial charge < -0.3 is 29.2 Å². The summed E-state index contributed by atoms with van der Waals surface area (Å²) in [7, 11) is 1.57. The molecule has 0 aliphatic carbocycles. The highest BCUT2D eigenvalue weighted by molar-refractivity contribution is 5.95. The van der Waals surface area contributed by atoms with Crippen LogP contribution in [0.2, 0.25) is 0 Å². The normalized spacial score (nSPS) is 18.2. The van der Waals surface area contributed by atoms with Crippen LogP contribution in [0.4, 0.5) is 4.79 Å². The second-order valence-corrected chi connectivity index (χ2v) is 10.5. The zero-order chi connectivity index (χ0) is 27.0. The Balaban J connectivity index is 1.80. The van der Waals surface area contributed by atoms with Gasteiger partial charge >= 0.3 is 6.09 Å². The van der Waals surface area contributed by atoms with Crippen molar-refractivity contribution in [1.29, 1.82) is 0 Å². The summed E-state index contributed by atoms with van der Waals surface area (Å²) in [6.45, 7) is 10.7. The molecule has 0 saturated carbocycles. The molecule has 2 amide bonds. The summed E-state index contributed by atoms with van der Waals surface area (Å²) in [5.41, 5.74) is 2.66. The third-order valence-corrected chi connectivity index (χ3v) is 6.10. The third-order valence-electron chi connectivity index (χ3n) is 6.10. The quantitative estimate of drug-likeness (QED) is 0.501. The molecule has 8 nitrogen and oxygen atoms in total. The number of benzene rings is 2. The van der Waals surface area contributed by atoms with Crippen LogP contribution in [0.15, 0.2) is 42.5 Å². The number of rotatable bonds is 8. The smallest absolute Gasteiger partial charge is 0.410 e. The molecule has 2 atom stereocenters. The first kappa shape index (κ1) is 28.5. The predicted octanol–water partition coefficient (Wildman–Crippen LogP) is 5.00. The highest BCUT2D eigenvalue weighted by atomic mass is 16.7. The van der Waals surface area contributed by atoms with Crippen molar-refractivity contribution in [2.45, 2.75) is 71.8 Å². The molecule has 0 radical (unpaired) electrons. The van der Waals surface area contributed by atoms with Crippen LogP contribution in [0.1, 0.15) is 60.7 Å². The van der Waals surface area contributed by atoms with Gasteiger partial charge in [-0.05, 0) is 76.3 Å². The molecule has 1 N–H and O–H groups in total. The van der Waals surface area contributed by atoms with Crippen LogP contribution in [0, 0.1) is 13.8 Å². The topological polar surface area (TPSA) is 86.3 Å². The maximum absolute atomic E-state index is 13.4. The second kappa shape index (κ2) is 12.9. The fraction of sp³-hybridized carbons (Fsp3) is 0.517. The maximum atomic E-state index is 13.4. The third kappa shape index (κ3) is 8.47.